The maximum atomic E-state index is 9.19. The number of rotatable bonds is 0. The van der Waals surface area contributed by atoms with Crippen molar-refractivity contribution in [1.82, 2.24) is 4.57 Å². The van der Waals surface area contributed by atoms with Crippen LogP contribution in [-0.4, -0.2) is 4.57 Å². The molecule has 1 aromatic heterocycles. The van der Waals surface area contributed by atoms with Crippen molar-refractivity contribution in [2.24, 2.45) is 7.05 Å². The van der Waals surface area contributed by atoms with E-state index < -0.39 is 0 Å². The molecular weight excluding hydrogens is 222 g/mol. The van der Waals surface area contributed by atoms with Crippen LogP contribution in [0.2, 0.25) is 0 Å². The van der Waals surface area contributed by atoms with Crippen molar-refractivity contribution in [1.29, 1.82) is 5.26 Å². The second-order valence-electron chi connectivity index (χ2n) is 4.16. The summed E-state index contributed by atoms with van der Waals surface area (Å²) < 4.78 is 1.94. The normalized spacial score (nSPS) is 10.4. The van der Waals surface area contributed by atoms with Crippen molar-refractivity contribution in [3.63, 3.8) is 0 Å². The van der Waals surface area contributed by atoms with Crippen LogP contribution in [0.4, 0.5) is 5.69 Å². The molecule has 0 atom stereocenters. The first-order chi connectivity index (χ1) is 8.77. The maximum absolute atomic E-state index is 9.19. The van der Waals surface area contributed by atoms with Crippen LogP contribution in [0.3, 0.4) is 0 Å². The van der Waals surface area contributed by atoms with Crippen LogP contribution < -0.4 is 0 Å². The summed E-state index contributed by atoms with van der Waals surface area (Å²) in [5.41, 5.74) is 3.05. The quantitative estimate of drug-likeness (QED) is 0.542. The number of hydrogen-bond donors (Lipinski definition) is 0. The highest BCUT2D eigenvalue weighted by molar-refractivity contribution is 6.13. The molecule has 18 heavy (non-hydrogen) atoms. The highest BCUT2D eigenvalue weighted by Gasteiger charge is 2.13. The largest absolute Gasteiger partial charge is 0.352 e. The Balaban J connectivity index is 2.69. The van der Waals surface area contributed by atoms with Gasteiger partial charge in [0.2, 0.25) is 5.69 Å². The average molecular weight is 231 g/mol. The zero-order chi connectivity index (χ0) is 12.7. The van der Waals surface area contributed by atoms with Gasteiger partial charge in [0.05, 0.1) is 23.2 Å². The summed E-state index contributed by atoms with van der Waals surface area (Å²) in [7, 11) is 1.90. The van der Waals surface area contributed by atoms with Gasteiger partial charge in [0.1, 0.15) is 6.07 Å². The Morgan fingerprint density at radius 3 is 2.44 bits per heavy atom. The second-order valence-corrected chi connectivity index (χ2v) is 4.16. The van der Waals surface area contributed by atoms with Crippen molar-refractivity contribution < 1.29 is 0 Å². The number of fused-ring (bicyclic) bond motifs is 3. The summed E-state index contributed by atoms with van der Waals surface area (Å²) in [6.45, 7) is 7.24. The van der Waals surface area contributed by atoms with E-state index in [4.69, 9.17) is 6.57 Å². The molecule has 0 aliphatic heterocycles. The van der Waals surface area contributed by atoms with Crippen LogP contribution in [-0.2, 0) is 7.05 Å². The second kappa shape index (κ2) is 3.61. The fourth-order valence-electron chi connectivity index (χ4n) is 2.52. The van der Waals surface area contributed by atoms with Crippen molar-refractivity contribution in [2.45, 2.75) is 0 Å². The van der Waals surface area contributed by atoms with E-state index in [2.05, 4.69) is 10.9 Å². The molecule has 0 fully saturated rings. The highest BCUT2D eigenvalue weighted by atomic mass is 15.0. The molecule has 2 aromatic carbocycles. The van der Waals surface area contributed by atoms with Gasteiger partial charge in [0, 0.05) is 12.4 Å². The number of benzene rings is 2. The zero-order valence-corrected chi connectivity index (χ0v) is 9.81. The minimum absolute atomic E-state index is 0.620. The van der Waals surface area contributed by atoms with E-state index in [0.29, 0.717) is 11.3 Å². The molecule has 3 nitrogen and oxygen atoms in total. The van der Waals surface area contributed by atoms with Crippen molar-refractivity contribution in [3.8, 4) is 6.07 Å². The van der Waals surface area contributed by atoms with E-state index in [-0.39, 0.29) is 0 Å². The molecule has 0 N–H and O–H groups in total. The summed E-state index contributed by atoms with van der Waals surface area (Å²) >= 11 is 0. The summed E-state index contributed by atoms with van der Waals surface area (Å²) in [5.74, 6) is 0. The van der Waals surface area contributed by atoms with Crippen LogP contribution in [0.15, 0.2) is 36.4 Å². The SMILES string of the molecule is [C-]#[N+]c1cccc2c3cccc(C#N)c3n(C)c12. The van der Waals surface area contributed by atoms with Crippen LogP contribution in [0.25, 0.3) is 26.7 Å². The minimum atomic E-state index is 0.620. The average Bonchev–Trinajstić information content (AvgIpc) is 2.73. The number of hydrogen-bond acceptors (Lipinski definition) is 1. The van der Waals surface area contributed by atoms with Gasteiger partial charge >= 0.3 is 0 Å². The fourth-order valence-corrected chi connectivity index (χ4v) is 2.52. The maximum Gasteiger partial charge on any atom is 0.210 e. The van der Waals surface area contributed by atoms with Gasteiger partial charge in [-0.05, 0) is 11.5 Å². The Morgan fingerprint density at radius 1 is 1.11 bits per heavy atom. The highest BCUT2D eigenvalue weighted by Crippen LogP contribution is 2.35. The Hall–Kier alpha value is -2.78. The zero-order valence-electron chi connectivity index (χ0n) is 9.81. The van der Waals surface area contributed by atoms with Crippen LogP contribution in [0, 0.1) is 17.9 Å². The Bertz CT molecular complexity index is 786. The Kier molecular flexibility index (Phi) is 2.08. The molecule has 0 bridgehead atoms. The lowest BCUT2D eigenvalue weighted by atomic mass is 10.1. The molecule has 0 aliphatic carbocycles. The molecule has 0 spiro atoms. The lowest BCUT2D eigenvalue weighted by Crippen LogP contribution is -1.89. The first-order valence-electron chi connectivity index (χ1n) is 5.55. The van der Waals surface area contributed by atoms with E-state index in [9.17, 15) is 5.26 Å². The van der Waals surface area contributed by atoms with Gasteiger partial charge in [-0.3, -0.25) is 0 Å². The minimum Gasteiger partial charge on any atom is -0.352 e. The van der Waals surface area contributed by atoms with Crippen molar-refractivity contribution in [3.05, 3.63) is 53.4 Å². The first-order valence-corrected chi connectivity index (χ1v) is 5.55. The van der Waals surface area contributed by atoms with E-state index in [1.807, 2.05) is 35.9 Å². The fraction of sp³-hybridized carbons (Fsp3) is 0.0667. The van der Waals surface area contributed by atoms with Gasteiger partial charge < -0.3 is 4.57 Å². The molecular formula is C15H9N3. The van der Waals surface area contributed by atoms with Crippen molar-refractivity contribution >= 4 is 27.5 Å². The number of aryl methyl sites for hydroxylation is 1. The molecule has 0 aliphatic rings. The third-order valence-electron chi connectivity index (χ3n) is 3.25. The van der Waals surface area contributed by atoms with Gasteiger partial charge in [-0.25, -0.2) is 4.85 Å². The predicted molar refractivity (Wildman–Crippen MR) is 71.4 cm³/mol. The smallest absolute Gasteiger partial charge is 0.210 e. The Labute approximate surface area is 104 Å². The molecule has 84 valence electrons. The van der Waals surface area contributed by atoms with E-state index in [1.165, 1.54) is 0 Å². The van der Waals surface area contributed by atoms with Crippen LogP contribution in [0.1, 0.15) is 5.56 Å². The van der Waals surface area contributed by atoms with Crippen molar-refractivity contribution in [2.75, 3.05) is 0 Å². The van der Waals surface area contributed by atoms with Crippen LogP contribution >= 0.6 is 0 Å². The molecule has 3 rings (SSSR count). The predicted octanol–water partition coefficient (Wildman–Crippen LogP) is 3.75. The molecule has 0 saturated carbocycles. The lowest BCUT2D eigenvalue weighted by Gasteiger charge is -2.00. The number of aromatic nitrogens is 1. The summed E-state index contributed by atoms with van der Waals surface area (Å²) in [5, 5.41) is 11.2. The van der Waals surface area contributed by atoms with Gasteiger partial charge in [-0.2, -0.15) is 5.26 Å². The first kappa shape index (κ1) is 10.4. The lowest BCUT2D eigenvalue weighted by molar-refractivity contribution is 1.01. The van der Waals surface area contributed by atoms with E-state index in [1.54, 1.807) is 12.1 Å². The standard InChI is InChI=1S/C15H9N3/c1-17-13-8-4-7-12-11-6-3-5-10(9-16)14(11)18(2)15(12)13/h3-8H,2H3. The molecule has 3 aromatic rings. The molecule has 1 heterocycles. The molecule has 0 unspecified atom stereocenters. The molecule has 3 heteroatoms. The van der Waals surface area contributed by atoms with Gasteiger partial charge in [0.25, 0.3) is 0 Å². The van der Waals surface area contributed by atoms with Gasteiger partial charge in [0.15, 0.2) is 0 Å². The number of para-hydroxylation sites is 2. The Morgan fingerprint density at radius 2 is 1.78 bits per heavy atom. The molecule has 0 radical (unpaired) electrons. The summed E-state index contributed by atoms with van der Waals surface area (Å²) in [6, 6.07) is 13.6. The third-order valence-corrected chi connectivity index (χ3v) is 3.25. The number of nitriles is 1. The molecule has 0 amide bonds. The van der Waals surface area contributed by atoms with E-state index in [0.717, 1.165) is 21.8 Å². The third kappa shape index (κ3) is 1.16. The van der Waals surface area contributed by atoms with Gasteiger partial charge in [-0.15, -0.1) is 0 Å². The number of nitrogens with zero attached hydrogens (tertiary/aromatic N) is 3. The van der Waals surface area contributed by atoms with Crippen LogP contribution in [0.5, 0.6) is 0 Å². The van der Waals surface area contributed by atoms with E-state index >= 15 is 0 Å². The summed E-state index contributed by atoms with van der Waals surface area (Å²) in [6.07, 6.45) is 0. The monoisotopic (exact) mass is 231 g/mol. The summed E-state index contributed by atoms with van der Waals surface area (Å²) in [4.78, 5) is 3.56. The molecule has 0 saturated heterocycles. The van der Waals surface area contributed by atoms with Gasteiger partial charge in [-0.1, -0.05) is 30.3 Å². The topological polar surface area (TPSA) is 33.1 Å².